The van der Waals surface area contributed by atoms with Gasteiger partial charge in [-0.25, -0.2) is 8.42 Å². The number of carbonyl (C=O) groups is 2. The second-order valence-electron chi connectivity index (χ2n) is 12.2. The summed E-state index contributed by atoms with van der Waals surface area (Å²) < 4.78 is 25.6. The molecule has 2 amide bonds. The van der Waals surface area contributed by atoms with Crippen molar-refractivity contribution in [3.05, 3.63) is 35.9 Å². The average molecular weight is 598 g/mol. The van der Waals surface area contributed by atoms with Crippen LogP contribution >= 0.6 is 0 Å². The summed E-state index contributed by atoms with van der Waals surface area (Å²) in [7, 11) is 0.114. The maximum Gasteiger partial charge on any atom is 0.224 e. The smallest absolute Gasteiger partial charge is 0.224 e. The Labute approximate surface area is 248 Å². The van der Waals surface area contributed by atoms with Gasteiger partial charge in [0.1, 0.15) is 6.10 Å². The molecular formula is C31H55N3O6S. The quantitative estimate of drug-likeness (QED) is 0.181. The van der Waals surface area contributed by atoms with Crippen molar-refractivity contribution in [1.82, 2.24) is 15.5 Å². The van der Waals surface area contributed by atoms with Crippen molar-refractivity contribution in [1.29, 1.82) is 0 Å². The Morgan fingerprint density at radius 3 is 2.10 bits per heavy atom. The molecule has 236 valence electrons. The first kappa shape index (κ1) is 37.0. The van der Waals surface area contributed by atoms with E-state index in [0.717, 1.165) is 18.4 Å². The monoisotopic (exact) mass is 597 g/mol. The van der Waals surface area contributed by atoms with Crippen LogP contribution < -0.4 is 10.6 Å². The molecule has 0 aliphatic rings. The number of nitrogens with one attached hydrogen (secondary N) is 2. The summed E-state index contributed by atoms with van der Waals surface area (Å²) >= 11 is 0. The van der Waals surface area contributed by atoms with Gasteiger partial charge in [0.2, 0.25) is 11.8 Å². The summed E-state index contributed by atoms with van der Waals surface area (Å²) in [6.07, 6.45) is 0.944. The summed E-state index contributed by atoms with van der Waals surface area (Å²) in [5.74, 6) is -2.02. The number of sulfone groups is 1. The lowest BCUT2D eigenvalue weighted by atomic mass is 9.88. The molecule has 1 rings (SSSR count). The highest BCUT2D eigenvalue weighted by Gasteiger charge is 2.32. The second-order valence-corrected chi connectivity index (χ2v) is 14.4. The zero-order valence-electron chi connectivity index (χ0n) is 26.2. The van der Waals surface area contributed by atoms with Crippen molar-refractivity contribution in [3.8, 4) is 0 Å². The summed E-state index contributed by atoms with van der Waals surface area (Å²) in [6, 6.07) is 8.67. The zero-order valence-corrected chi connectivity index (χ0v) is 27.0. The predicted molar refractivity (Wildman–Crippen MR) is 165 cm³/mol. The molecule has 0 radical (unpaired) electrons. The maximum atomic E-state index is 13.2. The van der Waals surface area contributed by atoms with E-state index in [1.54, 1.807) is 25.9 Å². The second kappa shape index (κ2) is 18.5. The lowest BCUT2D eigenvalue weighted by Gasteiger charge is -2.32. The van der Waals surface area contributed by atoms with Gasteiger partial charge in [0.25, 0.3) is 0 Å². The van der Waals surface area contributed by atoms with Crippen molar-refractivity contribution in [2.45, 2.75) is 85.0 Å². The third kappa shape index (κ3) is 14.6. The Kier molecular flexibility index (Phi) is 16.7. The van der Waals surface area contributed by atoms with E-state index < -0.39 is 45.8 Å². The van der Waals surface area contributed by atoms with E-state index in [1.165, 1.54) is 0 Å². The van der Waals surface area contributed by atoms with E-state index >= 15 is 0 Å². The van der Waals surface area contributed by atoms with Gasteiger partial charge in [-0.05, 0) is 50.8 Å². The molecule has 4 N–H and O–H groups in total. The molecule has 10 heteroatoms. The highest BCUT2D eigenvalue weighted by molar-refractivity contribution is 7.91. The molecule has 0 spiro atoms. The zero-order chi connectivity index (χ0) is 31.2. The van der Waals surface area contributed by atoms with Gasteiger partial charge >= 0.3 is 0 Å². The highest BCUT2D eigenvalue weighted by atomic mass is 32.2. The molecule has 9 nitrogen and oxygen atoms in total. The fraction of sp³-hybridized carbons (Fsp3) is 0.742. The number of benzene rings is 1. The van der Waals surface area contributed by atoms with Gasteiger partial charge in [0.05, 0.1) is 35.5 Å². The largest absolute Gasteiger partial charge is 0.390 e. The first-order valence-electron chi connectivity index (χ1n) is 15.0. The van der Waals surface area contributed by atoms with Gasteiger partial charge in [-0.1, -0.05) is 77.8 Å². The van der Waals surface area contributed by atoms with Crippen LogP contribution in [0.5, 0.6) is 0 Å². The normalized spacial score (nSPS) is 15.9. The number of nitrogens with zero attached hydrogens (tertiary/aromatic N) is 1. The van der Waals surface area contributed by atoms with Crippen LogP contribution in [0.2, 0.25) is 0 Å². The minimum atomic E-state index is -3.49. The summed E-state index contributed by atoms with van der Waals surface area (Å²) in [5.41, 5.74) is 0.861. The van der Waals surface area contributed by atoms with E-state index in [2.05, 4.69) is 24.5 Å². The van der Waals surface area contributed by atoms with Crippen molar-refractivity contribution < 1.29 is 28.2 Å². The molecule has 0 aliphatic heterocycles. The molecule has 0 bridgehead atoms. The molecule has 0 fully saturated rings. The Balaban J connectivity index is 2.94. The number of hydrogen-bond donors (Lipinski definition) is 4. The maximum absolute atomic E-state index is 13.2. The molecule has 1 unspecified atom stereocenters. The van der Waals surface area contributed by atoms with E-state index in [1.807, 2.05) is 44.2 Å². The minimum absolute atomic E-state index is 0.0239. The molecule has 0 saturated heterocycles. The summed E-state index contributed by atoms with van der Waals surface area (Å²) in [5, 5.41) is 27.2. The van der Waals surface area contributed by atoms with Crippen LogP contribution in [-0.2, 0) is 25.8 Å². The van der Waals surface area contributed by atoms with E-state index in [9.17, 15) is 28.2 Å². The van der Waals surface area contributed by atoms with Crippen LogP contribution in [-0.4, -0.2) is 92.3 Å². The first-order valence-corrected chi connectivity index (χ1v) is 16.8. The van der Waals surface area contributed by atoms with E-state index in [-0.39, 0.29) is 42.2 Å². The Hall–Kier alpha value is -2.01. The van der Waals surface area contributed by atoms with Crippen molar-refractivity contribution in [3.63, 3.8) is 0 Å². The minimum Gasteiger partial charge on any atom is -0.390 e. The predicted octanol–water partition coefficient (Wildman–Crippen LogP) is 2.65. The topological polar surface area (TPSA) is 136 Å². The van der Waals surface area contributed by atoms with Gasteiger partial charge in [-0.2, -0.15) is 0 Å². The van der Waals surface area contributed by atoms with E-state index in [4.69, 9.17) is 0 Å². The van der Waals surface area contributed by atoms with Gasteiger partial charge in [-0.3, -0.25) is 9.59 Å². The SMILES string of the molecule is CCC(CC)C[C@H](NC(=O)[C@H](C)CNC(=O)C(Cc1ccccc1)CS(=O)(=O)CCN(C)C)[C@@H](O)[C@@H](O)CC(C)C. The first-order chi connectivity index (χ1) is 19.2. The Morgan fingerprint density at radius 2 is 1.56 bits per heavy atom. The van der Waals surface area contributed by atoms with Gasteiger partial charge in [-0.15, -0.1) is 0 Å². The molecule has 1 aromatic rings. The third-order valence-corrected chi connectivity index (χ3v) is 9.33. The molecule has 0 saturated carbocycles. The fourth-order valence-corrected chi connectivity index (χ4v) is 6.50. The number of rotatable bonds is 20. The van der Waals surface area contributed by atoms with Gasteiger partial charge in [0, 0.05) is 13.1 Å². The van der Waals surface area contributed by atoms with Crippen LogP contribution in [0.25, 0.3) is 0 Å². The average Bonchev–Trinajstić information content (AvgIpc) is 2.91. The number of hydrogen-bond acceptors (Lipinski definition) is 7. The number of aliphatic hydroxyl groups excluding tert-OH is 2. The summed E-state index contributed by atoms with van der Waals surface area (Å²) in [6.45, 7) is 10.1. The standard InChI is InChI=1S/C31H55N3O6S/c1-8-24(9-2)19-27(29(36)28(35)17-22(3)4)33-30(37)23(5)20-32-31(38)26(18-25-13-11-10-12-14-25)21-41(39,40)16-15-34(6)7/h10-14,22-24,26-29,35-36H,8-9,15-21H2,1-7H3,(H,32,38)(H,33,37)/t23-,26?,27+,28+,29-/m1/s1. The third-order valence-electron chi connectivity index (χ3n) is 7.62. The van der Waals surface area contributed by atoms with Crippen LogP contribution in [0.15, 0.2) is 30.3 Å². The molecule has 0 aromatic heterocycles. The fourth-order valence-electron chi connectivity index (χ4n) is 4.81. The van der Waals surface area contributed by atoms with Crippen LogP contribution in [0.3, 0.4) is 0 Å². The molecular weight excluding hydrogens is 542 g/mol. The number of aliphatic hydroxyl groups is 2. The molecule has 1 aromatic carbocycles. The van der Waals surface area contributed by atoms with Crippen LogP contribution in [0.4, 0.5) is 0 Å². The van der Waals surface area contributed by atoms with Crippen molar-refractivity contribution >= 4 is 21.7 Å². The van der Waals surface area contributed by atoms with Crippen LogP contribution in [0, 0.1) is 23.7 Å². The summed E-state index contributed by atoms with van der Waals surface area (Å²) in [4.78, 5) is 28.2. The number of amides is 2. The van der Waals surface area contributed by atoms with Crippen molar-refractivity contribution in [2.75, 3.05) is 38.7 Å². The van der Waals surface area contributed by atoms with Crippen molar-refractivity contribution in [2.24, 2.45) is 23.7 Å². The molecule has 0 heterocycles. The molecule has 5 atom stereocenters. The number of carbonyl (C=O) groups excluding carboxylic acids is 2. The Morgan fingerprint density at radius 1 is 0.951 bits per heavy atom. The highest BCUT2D eigenvalue weighted by Crippen LogP contribution is 2.21. The lowest BCUT2D eigenvalue weighted by Crippen LogP contribution is -2.52. The Bertz CT molecular complexity index is 998. The molecule has 41 heavy (non-hydrogen) atoms. The molecule has 0 aliphatic carbocycles. The van der Waals surface area contributed by atoms with Gasteiger partial charge in [0.15, 0.2) is 9.84 Å². The van der Waals surface area contributed by atoms with Crippen LogP contribution in [0.1, 0.15) is 65.9 Å². The van der Waals surface area contributed by atoms with Gasteiger partial charge < -0.3 is 25.7 Å². The lowest BCUT2D eigenvalue weighted by molar-refractivity contribution is -0.128. The van der Waals surface area contributed by atoms with E-state index in [0.29, 0.717) is 19.4 Å².